The number of nitrogens with zero attached hydrogens (tertiary/aromatic N) is 1. The van der Waals surface area contributed by atoms with Crippen molar-refractivity contribution in [3.8, 4) is 0 Å². The van der Waals surface area contributed by atoms with Gasteiger partial charge in [-0.15, -0.1) is 0 Å². The van der Waals surface area contributed by atoms with Crippen LogP contribution >= 0.6 is 11.6 Å². The van der Waals surface area contributed by atoms with E-state index in [1.54, 1.807) is 36.4 Å². The Morgan fingerprint density at radius 2 is 1.72 bits per heavy atom. The second-order valence-electron chi connectivity index (χ2n) is 6.34. The van der Waals surface area contributed by atoms with E-state index >= 15 is 0 Å². The number of carbonyl (C=O) groups is 1. The maximum atomic E-state index is 13.0. The van der Waals surface area contributed by atoms with Gasteiger partial charge in [-0.3, -0.25) is 4.79 Å². The number of rotatable bonds is 4. The molecule has 1 saturated heterocycles. The molecule has 1 amide bonds. The van der Waals surface area contributed by atoms with Crippen molar-refractivity contribution < 1.29 is 14.1 Å². The van der Waals surface area contributed by atoms with Gasteiger partial charge in [0.25, 0.3) is 5.91 Å². The predicted octanol–water partition coefficient (Wildman–Crippen LogP) is 2.21. The number of halogens is 2. The van der Waals surface area contributed by atoms with Gasteiger partial charge in [-0.1, -0.05) is 11.6 Å². The van der Waals surface area contributed by atoms with Crippen molar-refractivity contribution in [3.63, 3.8) is 0 Å². The lowest BCUT2D eigenvalue weighted by molar-refractivity contribution is -0.914. The zero-order valence-electron chi connectivity index (χ0n) is 14.1. The standard InChI is InChI=1S/C19H21ClFN3O/c1-14(19(25)22-17-6-2-15(20)3-7-17)23-10-12-24(13-11-23)18-8-4-16(21)5-9-18/h2-9,14H,10-13H2,1H3,(H,22,25)/p+1/t14-/m0/s1. The lowest BCUT2D eigenvalue weighted by atomic mass is 10.2. The van der Waals surface area contributed by atoms with E-state index in [-0.39, 0.29) is 17.8 Å². The number of hydrogen-bond donors (Lipinski definition) is 2. The van der Waals surface area contributed by atoms with Gasteiger partial charge >= 0.3 is 0 Å². The van der Waals surface area contributed by atoms with Gasteiger partial charge in [-0.2, -0.15) is 0 Å². The van der Waals surface area contributed by atoms with Crippen LogP contribution in [0.2, 0.25) is 5.02 Å². The maximum absolute atomic E-state index is 13.0. The predicted molar refractivity (Wildman–Crippen MR) is 98.9 cm³/mol. The van der Waals surface area contributed by atoms with Gasteiger partial charge in [0.1, 0.15) is 5.82 Å². The van der Waals surface area contributed by atoms with Gasteiger partial charge in [0.15, 0.2) is 6.04 Å². The minimum absolute atomic E-state index is 0.00700. The van der Waals surface area contributed by atoms with Gasteiger partial charge in [0.2, 0.25) is 0 Å². The highest BCUT2D eigenvalue weighted by atomic mass is 35.5. The first-order chi connectivity index (χ1) is 12.0. The molecule has 1 aliphatic rings. The van der Waals surface area contributed by atoms with E-state index in [2.05, 4.69) is 10.2 Å². The number of nitrogens with one attached hydrogen (secondary N) is 2. The van der Waals surface area contributed by atoms with Crippen LogP contribution in [-0.4, -0.2) is 38.1 Å². The molecule has 0 spiro atoms. The molecule has 0 aromatic heterocycles. The molecule has 3 rings (SSSR count). The number of quaternary nitrogens is 1. The minimum Gasteiger partial charge on any atom is -0.360 e. The summed E-state index contributed by atoms with van der Waals surface area (Å²) in [5, 5.41) is 3.59. The number of carbonyl (C=O) groups excluding carboxylic acids is 1. The number of benzene rings is 2. The number of piperazine rings is 1. The maximum Gasteiger partial charge on any atom is 0.282 e. The van der Waals surface area contributed by atoms with E-state index in [4.69, 9.17) is 11.6 Å². The van der Waals surface area contributed by atoms with Crippen molar-refractivity contribution in [2.45, 2.75) is 13.0 Å². The molecule has 4 nitrogen and oxygen atoms in total. The Kier molecular flexibility index (Phi) is 5.56. The van der Waals surface area contributed by atoms with Crippen LogP contribution in [0.4, 0.5) is 15.8 Å². The summed E-state index contributed by atoms with van der Waals surface area (Å²) < 4.78 is 13.0. The summed E-state index contributed by atoms with van der Waals surface area (Å²) in [4.78, 5) is 15.9. The number of hydrogen-bond acceptors (Lipinski definition) is 2. The molecule has 2 N–H and O–H groups in total. The molecule has 1 atom stereocenters. The zero-order valence-corrected chi connectivity index (χ0v) is 14.9. The highest BCUT2D eigenvalue weighted by molar-refractivity contribution is 6.30. The molecule has 0 unspecified atom stereocenters. The summed E-state index contributed by atoms with van der Waals surface area (Å²) in [6.07, 6.45) is 0. The third-order valence-electron chi connectivity index (χ3n) is 4.71. The normalized spacial score (nSPS) is 16.5. The van der Waals surface area contributed by atoms with Crippen LogP contribution in [0.5, 0.6) is 0 Å². The summed E-state index contributed by atoms with van der Waals surface area (Å²) in [5.74, 6) is -0.215. The largest absolute Gasteiger partial charge is 0.360 e. The van der Waals surface area contributed by atoms with Gasteiger partial charge < -0.3 is 15.1 Å². The van der Waals surface area contributed by atoms with Crippen molar-refractivity contribution in [2.24, 2.45) is 0 Å². The van der Waals surface area contributed by atoms with Gasteiger partial charge in [-0.05, 0) is 55.5 Å². The third-order valence-corrected chi connectivity index (χ3v) is 4.97. The molecule has 1 fully saturated rings. The topological polar surface area (TPSA) is 36.8 Å². The molecule has 0 aliphatic carbocycles. The van der Waals surface area contributed by atoms with E-state index in [9.17, 15) is 9.18 Å². The van der Waals surface area contributed by atoms with E-state index in [0.29, 0.717) is 5.02 Å². The lowest BCUT2D eigenvalue weighted by Crippen LogP contribution is -3.19. The molecule has 1 heterocycles. The molecule has 6 heteroatoms. The van der Waals surface area contributed by atoms with Crippen LogP contribution in [0.25, 0.3) is 0 Å². The average molecular weight is 363 g/mol. The second kappa shape index (κ2) is 7.85. The van der Waals surface area contributed by atoms with Crippen molar-refractivity contribution in [2.75, 3.05) is 36.4 Å². The van der Waals surface area contributed by atoms with E-state index in [1.165, 1.54) is 17.0 Å². The summed E-state index contributed by atoms with van der Waals surface area (Å²) in [7, 11) is 0. The molecule has 132 valence electrons. The summed E-state index contributed by atoms with van der Waals surface area (Å²) in [5.41, 5.74) is 1.78. The SMILES string of the molecule is C[C@@H](C(=O)Nc1ccc(Cl)cc1)[NH+]1CCN(c2ccc(F)cc2)CC1. The highest BCUT2D eigenvalue weighted by Gasteiger charge is 2.29. The fourth-order valence-electron chi connectivity index (χ4n) is 3.11. The molecule has 0 bridgehead atoms. The van der Waals surface area contributed by atoms with E-state index < -0.39 is 0 Å². The number of anilines is 2. The van der Waals surface area contributed by atoms with Crippen molar-refractivity contribution in [3.05, 3.63) is 59.4 Å². The first-order valence-corrected chi connectivity index (χ1v) is 8.82. The van der Waals surface area contributed by atoms with Crippen LogP contribution in [0.1, 0.15) is 6.92 Å². The lowest BCUT2D eigenvalue weighted by Gasteiger charge is -2.36. The minimum atomic E-state index is -0.222. The summed E-state index contributed by atoms with van der Waals surface area (Å²) in [6, 6.07) is 13.6. The Balaban J connectivity index is 1.53. The number of amides is 1. The molecule has 2 aromatic carbocycles. The van der Waals surface area contributed by atoms with Crippen molar-refractivity contribution in [1.29, 1.82) is 0 Å². The zero-order chi connectivity index (χ0) is 17.8. The second-order valence-corrected chi connectivity index (χ2v) is 6.78. The Labute approximate surface area is 152 Å². The molecular weight excluding hydrogens is 341 g/mol. The van der Waals surface area contributed by atoms with Crippen LogP contribution in [-0.2, 0) is 4.79 Å². The van der Waals surface area contributed by atoms with Crippen LogP contribution in [0, 0.1) is 5.82 Å². The first kappa shape index (κ1) is 17.7. The first-order valence-electron chi connectivity index (χ1n) is 8.44. The molecule has 2 aromatic rings. The van der Waals surface area contributed by atoms with Crippen molar-refractivity contribution >= 4 is 28.9 Å². The summed E-state index contributed by atoms with van der Waals surface area (Å²) in [6.45, 7) is 5.38. The molecule has 1 aliphatic heterocycles. The van der Waals surface area contributed by atoms with Crippen LogP contribution < -0.4 is 15.1 Å². The fraction of sp³-hybridized carbons (Fsp3) is 0.316. The van der Waals surface area contributed by atoms with Gasteiger partial charge in [0.05, 0.1) is 26.2 Å². The van der Waals surface area contributed by atoms with E-state index in [0.717, 1.165) is 37.6 Å². The van der Waals surface area contributed by atoms with Crippen LogP contribution in [0.15, 0.2) is 48.5 Å². The van der Waals surface area contributed by atoms with Crippen LogP contribution in [0.3, 0.4) is 0 Å². The van der Waals surface area contributed by atoms with Gasteiger partial charge in [0, 0.05) is 16.4 Å². The van der Waals surface area contributed by atoms with E-state index in [1.807, 2.05) is 6.92 Å². The van der Waals surface area contributed by atoms with Gasteiger partial charge in [-0.25, -0.2) is 4.39 Å². The average Bonchev–Trinajstić information content (AvgIpc) is 2.64. The molecular formula is C19H22ClFN3O+. The quantitative estimate of drug-likeness (QED) is 0.875. The third kappa shape index (κ3) is 4.50. The highest BCUT2D eigenvalue weighted by Crippen LogP contribution is 2.15. The molecule has 0 radical (unpaired) electrons. The molecule has 0 saturated carbocycles. The monoisotopic (exact) mass is 362 g/mol. The summed E-state index contributed by atoms with van der Waals surface area (Å²) >= 11 is 5.86. The Bertz CT molecular complexity index is 712. The smallest absolute Gasteiger partial charge is 0.282 e. The Morgan fingerprint density at radius 1 is 1.12 bits per heavy atom. The Hall–Kier alpha value is -2.11. The fourth-order valence-corrected chi connectivity index (χ4v) is 3.23. The van der Waals surface area contributed by atoms with Crippen molar-refractivity contribution in [1.82, 2.24) is 0 Å². The molecule has 25 heavy (non-hydrogen) atoms. The Morgan fingerprint density at radius 3 is 2.32 bits per heavy atom.